The Morgan fingerprint density at radius 3 is 2.32 bits per heavy atom. The molecule has 2 heterocycles. The number of ether oxygens (including phenoxy) is 1. The molecule has 6 atom stereocenters. The quantitative estimate of drug-likeness (QED) is 0.128. The van der Waals surface area contributed by atoms with Gasteiger partial charge in [-0.3, -0.25) is 18.9 Å². The van der Waals surface area contributed by atoms with Gasteiger partial charge in [0, 0.05) is 18.7 Å². The van der Waals surface area contributed by atoms with Gasteiger partial charge in [-0.1, -0.05) is 5.57 Å². The zero-order valence-electron chi connectivity index (χ0n) is 17.4. The summed E-state index contributed by atoms with van der Waals surface area (Å²) in [4.78, 5) is 61.6. The van der Waals surface area contributed by atoms with Crippen LogP contribution in [0.4, 0.5) is 0 Å². The summed E-state index contributed by atoms with van der Waals surface area (Å²) < 4.78 is 52.1. The molecule has 0 bridgehead atoms. The van der Waals surface area contributed by atoms with Gasteiger partial charge in [-0.15, -0.1) is 6.58 Å². The summed E-state index contributed by atoms with van der Waals surface area (Å²) in [6, 6.07) is 0.950. The van der Waals surface area contributed by atoms with E-state index < -0.39 is 65.4 Å². The Kier molecular flexibility index (Phi) is 8.83. The number of rotatable bonds is 11. The molecule has 0 spiro atoms. The highest BCUT2D eigenvalue weighted by atomic mass is 31.3. The lowest BCUT2D eigenvalue weighted by Crippen LogP contribution is -2.51. The second kappa shape index (κ2) is 10.4. The van der Waals surface area contributed by atoms with Crippen molar-refractivity contribution in [2.75, 3.05) is 6.61 Å². The zero-order chi connectivity index (χ0) is 26.1. The van der Waals surface area contributed by atoms with Gasteiger partial charge in [0.25, 0.3) is 5.56 Å². The fourth-order valence-electron chi connectivity index (χ4n) is 3.11. The first-order valence-corrected chi connectivity index (χ1v) is 13.7. The third kappa shape index (κ3) is 7.35. The standard InChI is InChI=1S/C14H23N2O15P3/c1-8(2)3-5-14(16-6-4-10(17)15-13(16)20)12(19)11(18)9(29-14)7-28-33(24,25)31-34(26,27)30-32(21,22)23/h4,6,9,11-12,18-19H,1,3,5,7H2,2H3,(H,24,25)(H,26,27)(H,15,17,20)(H2,21,22,23)/t9-,11-,12-,14-/m1/s1. The number of aliphatic hydroxyl groups is 2. The maximum Gasteiger partial charge on any atom is 0.490 e. The Morgan fingerprint density at radius 2 is 1.79 bits per heavy atom. The predicted molar refractivity (Wildman–Crippen MR) is 110 cm³/mol. The first-order chi connectivity index (χ1) is 15.4. The van der Waals surface area contributed by atoms with E-state index in [4.69, 9.17) is 14.5 Å². The minimum atomic E-state index is -5.77. The van der Waals surface area contributed by atoms with E-state index in [0.717, 1.165) is 16.8 Å². The lowest BCUT2D eigenvalue weighted by Gasteiger charge is -2.34. The lowest BCUT2D eigenvalue weighted by molar-refractivity contribution is -0.154. The SMILES string of the molecule is C=C(C)CC[C@@]1(n2ccc(=O)[nH]c2=O)O[C@H](COP(=O)(O)OP(=O)(O)OP(=O)(O)O)[C@@H](O)[C@H]1O. The van der Waals surface area contributed by atoms with Crippen LogP contribution in [0.5, 0.6) is 0 Å². The summed E-state index contributed by atoms with van der Waals surface area (Å²) in [6.45, 7) is 4.25. The Bertz CT molecular complexity index is 1170. The molecule has 0 saturated carbocycles. The molecule has 20 heteroatoms. The van der Waals surface area contributed by atoms with Gasteiger partial charge >= 0.3 is 29.2 Å². The molecule has 194 valence electrons. The highest BCUT2D eigenvalue weighted by Crippen LogP contribution is 2.66. The molecule has 1 aromatic heterocycles. The summed E-state index contributed by atoms with van der Waals surface area (Å²) in [5, 5.41) is 21.2. The Labute approximate surface area is 190 Å². The van der Waals surface area contributed by atoms with Crippen molar-refractivity contribution >= 4 is 23.5 Å². The topological polar surface area (TPSA) is 264 Å². The van der Waals surface area contributed by atoms with E-state index in [1.807, 2.05) is 4.98 Å². The number of phosphoric acid groups is 3. The van der Waals surface area contributed by atoms with Crippen LogP contribution in [-0.2, 0) is 37.3 Å². The van der Waals surface area contributed by atoms with Gasteiger partial charge in [0.15, 0.2) is 5.72 Å². The largest absolute Gasteiger partial charge is 0.490 e. The molecule has 0 aromatic carbocycles. The van der Waals surface area contributed by atoms with Crippen LogP contribution in [0.25, 0.3) is 0 Å². The van der Waals surface area contributed by atoms with Crippen molar-refractivity contribution in [3.63, 3.8) is 0 Å². The van der Waals surface area contributed by atoms with Crippen molar-refractivity contribution in [1.29, 1.82) is 0 Å². The molecule has 2 rings (SSSR count). The molecule has 2 unspecified atom stereocenters. The number of phosphoric ester groups is 1. The number of aromatic amines is 1. The summed E-state index contributed by atoms with van der Waals surface area (Å²) >= 11 is 0. The normalized spacial score (nSPS) is 28.9. The Balaban J connectivity index is 2.28. The van der Waals surface area contributed by atoms with Crippen LogP contribution >= 0.6 is 23.5 Å². The zero-order valence-corrected chi connectivity index (χ0v) is 20.0. The van der Waals surface area contributed by atoms with Crippen LogP contribution in [0.1, 0.15) is 19.8 Å². The second-order valence-electron chi connectivity index (χ2n) is 7.26. The minimum Gasteiger partial charge on any atom is -0.387 e. The van der Waals surface area contributed by atoms with E-state index in [-0.39, 0.29) is 12.8 Å². The average molecular weight is 552 g/mol. The average Bonchev–Trinajstić information content (AvgIpc) is 2.87. The van der Waals surface area contributed by atoms with Gasteiger partial charge in [-0.05, 0) is 13.3 Å². The first kappa shape index (κ1) is 28.9. The maximum absolute atomic E-state index is 12.4. The molecule has 1 aliphatic heterocycles. The van der Waals surface area contributed by atoms with Crippen LogP contribution in [0.3, 0.4) is 0 Å². The molecule has 34 heavy (non-hydrogen) atoms. The predicted octanol–water partition coefficient (Wildman–Crippen LogP) is -0.990. The van der Waals surface area contributed by atoms with Crippen molar-refractivity contribution < 1.29 is 61.4 Å². The van der Waals surface area contributed by atoms with Gasteiger partial charge in [-0.25, -0.2) is 18.5 Å². The van der Waals surface area contributed by atoms with Gasteiger partial charge in [-0.2, -0.15) is 8.62 Å². The van der Waals surface area contributed by atoms with E-state index >= 15 is 0 Å². The highest BCUT2D eigenvalue weighted by molar-refractivity contribution is 7.66. The summed E-state index contributed by atoms with van der Waals surface area (Å²) in [5.74, 6) is 0. The van der Waals surface area contributed by atoms with E-state index in [2.05, 4.69) is 19.7 Å². The van der Waals surface area contributed by atoms with E-state index in [1.54, 1.807) is 6.92 Å². The molecule has 0 aliphatic carbocycles. The number of hydrogen-bond acceptors (Lipinski definition) is 11. The second-order valence-corrected chi connectivity index (χ2v) is 11.7. The molecular weight excluding hydrogens is 529 g/mol. The molecule has 0 radical (unpaired) electrons. The summed E-state index contributed by atoms with van der Waals surface area (Å²) in [7, 11) is -16.9. The molecule has 1 aromatic rings. The van der Waals surface area contributed by atoms with Crippen LogP contribution in [0, 0.1) is 0 Å². The minimum absolute atomic E-state index is 0.155. The van der Waals surface area contributed by atoms with E-state index in [1.165, 1.54) is 0 Å². The van der Waals surface area contributed by atoms with Crippen molar-refractivity contribution in [1.82, 2.24) is 9.55 Å². The van der Waals surface area contributed by atoms with Crippen LogP contribution < -0.4 is 11.2 Å². The Hall–Kier alpha value is -1.29. The fraction of sp³-hybridized carbons (Fsp3) is 0.571. The van der Waals surface area contributed by atoms with Crippen LogP contribution in [-0.4, -0.2) is 64.3 Å². The third-order valence-electron chi connectivity index (χ3n) is 4.48. The number of nitrogens with one attached hydrogen (secondary N) is 1. The number of aliphatic hydroxyl groups excluding tert-OH is 2. The summed E-state index contributed by atoms with van der Waals surface area (Å²) in [5.41, 5.74) is -3.16. The molecule has 17 nitrogen and oxygen atoms in total. The van der Waals surface area contributed by atoms with E-state index in [0.29, 0.717) is 5.57 Å². The monoisotopic (exact) mass is 552 g/mol. The van der Waals surface area contributed by atoms with Gasteiger partial charge in [0.1, 0.15) is 18.3 Å². The number of hydrogen-bond donors (Lipinski definition) is 7. The number of aromatic nitrogens is 2. The maximum atomic E-state index is 12.4. The van der Waals surface area contributed by atoms with Crippen LogP contribution in [0.15, 0.2) is 34.0 Å². The fourth-order valence-corrected chi connectivity index (χ4v) is 6.14. The first-order valence-electron chi connectivity index (χ1n) is 9.17. The van der Waals surface area contributed by atoms with Crippen molar-refractivity contribution in [3.05, 3.63) is 45.3 Å². The molecule has 7 N–H and O–H groups in total. The molecule has 1 saturated heterocycles. The smallest absolute Gasteiger partial charge is 0.387 e. The lowest BCUT2D eigenvalue weighted by atomic mass is 9.95. The number of H-pyrrole nitrogens is 1. The van der Waals surface area contributed by atoms with Crippen LogP contribution in [0.2, 0.25) is 0 Å². The van der Waals surface area contributed by atoms with Gasteiger partial charge < -0.3 is 34.5 Å². The highest BCUT2D eigenvalue weighted by Gasteiger charge is 2.56. The van der Waals surface area contributed by atoms with E-state index in [9.17, 15) is 43.3 Å². The number of nitrogens with zero attached hydrogens (tertiary/aromatic N) is 1. The molecule has 1 fully saturated rings. The molecule has 0 amide bonds. The van der Waals surface area contributed by atoms with Crippen molar-refractivity contribution in [2.45, 2.75) is 43.8 Å². The third-order valence-corrected chi connectivity index (χ3v) is 8.28. The summed E-state index contributed by atoms with van der Waals surface area (Å²) in [6.07, 6.45) is -4.32. The Morgan fingerprint density at radius 1 is 1.18 bits per heavy atom. The molecule has 1 aliphatic rings. The number of allylic oxidation sites excluding steroid dienone is 1. The molecular formula is C14H23N2O15P3. The van der Waals surface area contributed by atoms with Gasteiger partial charge in [0.05, 0.1) is 6.61 Å². The van der Waals surface area contributed by atoms with Crippen molar-refractivity contribution in [2.24, 2.45) is 0 Å². The van der Waals surface area contributed by atoms with Gasteiger partial charge in [0.2, 0.25) is 0 Å². The van der Waals surface area contributed by atoms with Crippen molar-refractivity contribution in [3.8, 4) is 0 Å².